The van der Waals surface area contributed by atoms with Crippen molar-refractivity contribution in [1.82, 2.24) is 15.0 Å². The highest BCUT2D eigenvalue weighted by Crippen LogP contribution is 2.29. The van der Waals surface area contributed by atoms with Gasteiger partial charge in [0.15, 0.2) is 0 Å². The van der Waals surface area contributed by atoms with Crippen LogP contribution < -0.4 is 5.32 Å². The van der Waals surface area contributed by atoms with Gasteiger partial charge in [-0.15, -0.1) is 0 Å². The van der Waals surface area contributed by atoms with Gasteiger partial charge in [-0.2, -0.15) is 4.98 Å². The Kier molecular flexibility index (Phi) is 6.90. The molecule has 1 aromatic heterocycles. The molecule has 0 radical (unpaired) electrons. The molecule has 1 aliphatic rings. The van der Waals surface area contributed by atoms with E-state index in [9.17, 15) is 4.79 Å². The number of benzene rings is 2. The Morgan fingerprint density at radius 1 is 1.16 bits per heavy atom. The predicted molar refractivity (Wildman–Crippen MR) is 122 cm³/mol. The van der Waals surface area contributed by atoms with Crippen molar-refractivity contribution in [3.8, 4) is 11.4 Å². The van der Waals surface area contributed by atoms with Gasteiger partial charge in [-0.1, -0.05) is 47.4 Å². The molecule has 1 amide bonds. The number of hydrogen-bond donors (Lipinski definition) is 1. The van der Waals surface area contributed by atoms with E-state index in [-0.39, 0.29) is 11.8 Å². The lowest BCUT2D eigenvalue weighted by Crippen LogP contribution is -2.37. The molecule has 0 bridgehead atoms. The Balaban J connectivity index is 1.29. The molecular weight excluding hydrogens is 435 g/mol. The van der Waals surface area contributed by atoms with Gasteiger partial charge in [-0.25, -0.2) is 0 Å². The summed E-state index contributed by atoms with van der Waals surface area (Å²) < 4.78 is 5.41. The van der Waals surface area contributed by atoms with Gasteiger partial charge in [-0.3, -0.25) is 9.69 Å². The SMILES string of the molecule is CCc1ccc(NC(=O)C2CCN(Cc3nc(-c4ccc(Cl)cc4Cl)no3)CC2)cc1. The monoisotopic (exact) mass is 458 g/mol. The number of amides is 1. The van der Waals surface area contributed by atoms with Crippen molar-refractivity contribution in [2.24, 2.45) is 5.92 Å². The van der Waals surface area contributed by atoms with E-state index >= 15 is 0 Å². The first-order chi connectivity index (χ1) is 15.0. The molecule has 2 aromatic carbocycles. The molecule has 6 nitrogen and oxygen atoms in total. The molecule has 31 heavy (non-hydrogen) atoms. The normalized spacial score (nSPS) is 15.2. The molecule has 1 fully saturated rings. The number of anilines is 1. The number of nitrogens with one attached hydrogen (secondary N) is 1. The lowest BCUT2D eigenvalue weighted by atomic mass is 9.96. The molecular formula is C23H24Cl2N4O2. The maximum absolute atomic E-state index is 12.6. The standard InChI is InChI=1S/C23H24Cl2N4O2/c1-2-15-3-6-18(7-4-15)26-23(30)16-9-11-29(12-10-16)14-21-27-22(28-31-21)19-8-5-17(24)13-20(19)25/h3-8,13,16H,2,9-12,14H2,1H3,(H,26,30). The fourth-order valence-corrected chi connectivity index (χ4v) is 4.20. The van der Waals surface area contributed by atoms with Crippen LogP contribution in [0.1, 0.15) is 31.2 Å². The van der Waals surface area contributed by atoms with Gasteiger partial charge in [0.2, 0.25) is 17.6 Å². The third-order valence-corrected chi connectivity index (χ3v) is 6.13. The molecule has 1 saturated heterocycles. The third-order valence-electron chi connectivity index (χ3n) is 5.59. The molecule has 0 spiro atoms. The van der Waals surface area contributed by atoms with Crippen molar-refractivity contribution in [2.75, 3.05) is 18.4 Å². The number of carbonyl (C=O) groups is 1. The number of carbonyl (C=O) groups excluding carboxylic acids is 1. The summed E-state index contributed by atoms with van der Waals surface area (Å²) in [6, 6.07) is 13.2. The van der Waals surface area contributed by atoms with Crippen LogP contribution in [-0.2, 0) is 17.8 Å². The second kappa shape index (κ2) is 9.81. The van der Waals surface area contributed by atoms with E-state index in [1.807, 2.05) is 24.3 Å². The lowest BCUT2D eigenvalue weighted by Gasteiger charge is -2.30. The Morgan fingerprint density at radius 3 is 2.58 bits per heavy atom. The van der Waals surface area contributed by atoms with Crippen molar-refractivity contribution in [3.63, 3.8) is 0 Å². The topological polar surface area (TPSA) is 71.3 Å². The van der Waals surface area contributed by atoms with Crippen LogP contribution in [0.2, 0.25) is 10.0 Å². The Hall–Kier alpha value is -2.41. The third kappa shape index (κ3) is 5.45. The van der Waals surface area contributed by atoms with Crippen molar-refractivity contribution < 1.29 is 9.32 Å². The van der Waals surface area contributed by atoms with E-state index in [0.29, 0.717) is 33.9 Å². The zero-order valence-corrected chi connectivity index (χ0v) is 18.8. The molecule has 1 aliphatic heterocycles. The van der Waals surface area contributed by atoms with Gasteiger partial charge in [0.1, 0.15) is 0 Å². The van der Waals surface area contributed by atoms with Crippen molar-refractivity contribution >= 4 is 34.8 Å². The quantitative estimate of drug-likeness (QED) is 0.530. The van der Waals surface area contributed by atoms with Crippen LogP contribution >= 0.6 is 23.2 Å². The number of hydrogen-bond acceptors (Lipinski definition) is 5. The summed E-state index contributed by atoms with van der Waals surface area (Å²) in [6.07, 6.45) is 2.58. The molecule has 8 heteroatoms. The van der Waals surface area contributed by atoms with Crippen molar-refractivity contribution in [2.45, 2.75) is 32.7 Å². The fraction of sp³-hybridized carbons (Fsp3) is 0.348. The number of nitrogens with zero attached hydrogens (tertiary/aromatic N) is 3. The average Bonchev–Trinajstić information content (AvgIpc) is 3.23. The summed E-state index contributed by atoms with van der Waals surface area (Å²) in [5, 5.41) is 8.12. The molecule has 0 unspecified atom stereocenters. The van der Waals surface area contributed by atoms with Crippen LogP contribution in [-0.4, -0.2) is 34.0 Å². The zero-order chi connectivity index (χ0) is 21.8. The van der Waals surface area contributed by atoms with Crippen LogP contribution in [0.5, 0.6) is 0 Å². The van der Waals surface area contributed by atoms with Crippen molar-refractivity contribution in [1.29, 1.82) is 0 Å². The smallest absolute Gasteiger partial charge is 0.241 e. The number of halogens is 2. The molecule has 0 atom stereocenters. The van der Waals surface area contributed by atoms with Crippen molar-refractivity contribution in [3.05, 3.63) is 64.0 Å². The van der Waals surface area contributed by atoms with Crippen LogP contribution in [0.3, 0.4) is 0 Å². The van der Waals surface area contributed by atoms with Gasteiger partial charge in [0, 0.05) is 22.2 Å². The lowest BCUT2D eigenvalue weighted by molar-refractivity contribution is -0.121. The van der Waals surface area contributed by atoms with Crippen LogP contribution in [0.15, 0.2) is 47.0 Å². The molecule has 0 aliphatic carbocycles. The van der Waals surface area contributed by atoms with E-state index in [2.05, 4.69) is 27.3 Å². The first-order valence-corrected chi connectivity index (χ1v) is 11.2. The van der Waals surface area contributed by atoms with E-state index in [1.54, 1.807) is 18.2 Å². The number of rotatable bonds is 6. The summed E-state index contributed by atoms with van der Waals surface area (Å²) in [6.45, 7) is 4.26. The second-order valence-corrected chi connectivity index (χ2v) is 8.57. The number of piperidine rings is 1. The van der Waals surface area contributed by atoms with E-state index in [1.165, 1.54) is 5.56 Å². The number of likely N-dealkylation sites (tertiary alicyclic amines) is 1. The first-order valence-electron chi connectivity index (χ1n) is 10.4. The van der Waals surface area contributed by atoms with Gasteiger partial charge >= 0.3 is 0 Å². The Labute approximate surface area is 191 Å². The van der Waals surface area contributed by atoms with E-state index < -0.39 is 0 Å². The molecule has 2 heterocycles. The average molecular weight is 459 g/mol. The van der Waals surface area contributed by atoms with Gasteiger partial charge in [0.25, 0.3) is 0 Å². The highest BCUT2D eigenvalue weighted by atomic mass is 35.5. The number of aryl methyl sites for hydroxylation is 1. The minimum Gasteiger partial charge on any atom is -0.338 e. The highest BCUT2D eigenvalue weighted by Gasteiger charge is 2.26. The summed E-state index contributed by atoms with van der Waals surface area (Å²) in [5.41, 5.74) is 2.79. The molecule has 1 N–H and O–H groups in total. The minimum atomic E-state index is 0.00761. The highest BCUT2D eigenvalue weighted by molar-refractivity contribution is 6.36. The van der Waals surface area contributed by atoms with Gasteiger partial charge < -0.3 is 9.84 Å². The Bertz CT molecular complexity index is 1040. The largest absolute Gasteiger partial charge is 0.338 e. The summed E-state index contributed by atoms with van der Waals surface area (Å²) >= 11 is 12.2. The molecule has 3 aromatic rings. The fourth-order valence-electron chi connectivity index (χ4n) is 3.71. The van der Waals surface area contributed by atoms with Crippen LogP contribution in [0.25, 0.3) is 11.4 Å². The maximum atomic E-state index is 12.6. The van der Waals surface area contributed by atoms with Crippen LogP contribution in [0, 0.1) is 5.92 Å². The first kappa shape index (κ1) is 21.8. The predicted octanol–water partition coefficient (Wildman–Crippen LogP) is 5.46. The summed E-state index contributed by atoms with van der Waals surface area (Å²) in [5.74, 6) is 1.06. The summed E-state index contributed by atoms with van der Waals surface area (Å²) in [4.78, 5) is 19.3. The second-order valence-electron chi connectivity index (χ2n) is 7.73. The number of aromatic nitrogens is 2. The molecule has 162 valence electrons. The van der Waals surface area contributed by atoms with Gasteiger partial charge in [0.05, 0.1) is 11.6 Å². The van der Waals surface area contributed by atoms with Gasteiger partial charge in [-0.05, 0) is 68.2 Å². The molecule has 0 saturated carbocycles. The zero-order valence-electron chi connectivity index (χ0n) is 17.3. The van der Waals surface area contributed by atoms with Crippen LogP contribution in [0.4, 0.5) is 5.69 Å². The maximum Gasteiger partial charge on any atom is 0.241 e. The summed E-state index contributed by atoms with van der Waals surface area (Å²) in [7, 11) is 0. The van der Waals surface area contributed by atoms with E-state index in [4.69, 9.17) is 27.7 Å². The Morgan fingerprint density at radius 2 is 1.90 bits per heavy atom. The minimum absolute atomic E-state index is 0.00761. The molecule has 4 rings (SSSR count). The van der Waals surface area contributed by atoms with E-state index in [0.717, 1.165) is 38.0 Å².